The molecule has 0 spiro atoms. The summed E-state index contributed by atoms with van der Waals surface area (Å²) in [6, 6.07) is 21.6. The molecule has 0 saturated heterocycles. The minimum absolute atomic E-state index is 0.00805. The molecule has 4 heterocycles. The molecule has 8 rings (SSSR count). The first-order chi connectivity index (χ1) is 26.7. The van der Waals surface area contributed by atoms with Crippen molar-refractivity contribution in [3.63, 3.8) is 0 Å². The van der Waals surface area contributed by atoms with Crippen molar-refractivity contribution in [2.75, 3.05) is 17.7 Å². The molecule has 284 valence electrons. The molecule has 4 aromatic carbocycles. The van der Waals surface area contributed by atoms with E-state index in [9.17, 15) is 41.8 Å². The Morgan fingerprint density at radius 2 is 1.14 bits per heavy atom. The summed E-state index contributed by atoms with van der Waals surface area (Å²) < 4.78 is 60.4. The largest absolute Gasteiger partial charge is 0.504 e. The fourth-order valence-electron chi connectivity index (χ4n) is 6.74. The number of benzene rings is 4. The first-order valence-electron chi connectivity index (χ1n) is 16.6. The molecule has 2 atom stereocenters. The number of amides is 2. The zero-order valence-corrected chi connectivity index (χ0v) is 31.7. The van der Waals surface area contributed by atoms with Crippen molar-refractivity contribution in [2.24, 2.45) is 0 Å². The molecule has 0 aliphatic carbocycles. The maximum Gasteiger partial charge on any atom is 0.243 e. The second kappa shape index (κ2) is 14.3. The van der Waals surface area contributed by atoms with Gasteiger partial charge in [-0.25, -0.2) is 8.78 Å². The molecule has 0 radical (unpaired) electrons. The number of fused-ring (bicyclic) bond motifs is 2. The second-order valence-corrected chi connectivity index (χ2v) is 15.6. The molecule has 2 aliphatic rings. The molecule has 0 bridgehead atoms. The number of halogens is 5. The lowest BCUT2D eigenvalue weighted by Crippen LogP contribution is -2.48. The molecule has 0 fully saturated rings. The standard InChI is InChI=1S/C21H14ClF2NO3S.C20H13F2NO3S/c1-21(10-6-4-3-5-7-10)17(26)14-13(18(22)29-19(14)25-20(21)27)11-8-9-12(23)15(24)16(11)28-2;1-20(10-5-3-2-4-6-10)17(25)14-12(9-27-18(14)23-19(20)26)11-7-8-13(21)15(22)16(11)24/h3-9H,1-2H3,(H,25,27);2-9,24H,1H3,(H,23,26). The zero-order valence-electron chi connectivity index (χ0n) is 29.4. The molecular formula is C41H27ClF4N2O6S2. The SMILES string of the molecule is CC1(c2ccccc2)C(=O)Nc2scc(-c3ccc(F)c(F)c3O)c2C1=O.COc1c(-c2c(Cl)sc3c2C(=O)C(C)(c2ccccc2)C(=O)N3)ccc(F)c1F. The highest BCUT2D eigenvalue weighted by atomic mass is 35.5. The van der Waals surface area contributed by atoms with Gasteiger partial charge in [-0.1, -0.05) is 72.3 Å². The van der Waals surface area contributed by atoms with E-state index in [1.165, 1.54) is 38.5 Å². The van der Waals surface area contributed by atoms with E-state index in [0.717, 1.165) is 34.8 Å². The Hall–Kier alpha value is -5.83. The number of nitrogens with one attached hydrogen (secondary N) is 2. The minimum Gasteiger partial charge on any atom is -0.504 e. The van der Waals surface area contributed by atoms with Crippen LogP contribution in [0.1, 0.15) is 45.7 Å². The average Bonchev–Trinajstić information content (AvgIpc) is 3.76. The van der Waals surface area contributed by atoms with Crippen molar-refractivity contribution in [1.82, 2.24) is 0 Å². The number of hydrogen-bond donors (Lipinski definition) is 3. The van der Waals surface area contributed by atoms with Crippen LogP contribution >= 0.6 is 34.3 Å². The molecule has 15 heteroatoms. The van der Waals surface area contributed by atoms with Crippen LogP contribution in [0.2, 0.25) is 4.34 Å². The predicted octanol–water partition coefficient (Wildman–Crippen LogP) is 9.94. The molecule has 0 saturated carbocycles. The Balaban J connectivity index is 0.000000172. The number of phenolic OH excluding ortho intramolecular Hbond substituents is 1. The minimum atomic E-state index is -1.50. The molecule has 56 heavy (non-hydrogen) atoms. The van der Waals surface area contributed by atoms with Crippen molar-refractivity contribution in [3.05, 3.63) is 140 Å². The van der Waals surface area contributed by atoms with Gasteiger partial charge in [0.05, 0.1) is 18.2 Å². The fraction of sp³-hybridized carbons (Fsp3) is 0.122. The van der Waals surface area contributed by atoms with E-state index in [2.05, 4.69) is 10.6 Å². The smallest absolute Gasteiger partial charge is 0.243 e. The number of carbonyl (C=O) groups excluding carboxylic acids is 4. The molecule has 8 nitrogen and oxygen atoms in total. The van der Waals surface area contributed by atoms with Gasteiger partial charge in [0.1, 0.15) is 25.2 Å². The lowest BCUT2D eigenvalue weighted by atomic mass is 9.73. The predicted molar refractivity (Wildman–Crippen MR) is 206 cm³/mol. The maximum absolute atomic E-state index is 14.3. The summed E-state index contributed by atoms with van der Waals surface area (Å²) in [5.74, 6) is -7.96. The number of carbonyl (C=O) groups is 4. The van der Waals surface area contributed by atoms with Crippen LogP contribution in [-0.2, 0) is 20.4 Å². The number of thiophene rings is 2. The quantitative estimate of drug-likeness (QED) is 0.118. The summed E-state index contributed by atoms with van der Waals surface area (Å²) in [5.41, 5.74) is -1.04. The highest BCUT2D eigenvalue weighted by molar-refractivity contribution is 7.21. The third kappa shape index (κ3) is 5.87. The van der Waals surface area contributed by atoms with Gasteiger partial charge in [-0.2, -0.15) is 8.78 Å². The highest BCUT2D eigenvalue weighted by Gasteiger charge is 2.51. The molecule has 2 aromatic heterocycles. The first-order valence-corrected chi connectivity index (χ1v) is 18.7. The number of hydrogen-bond acceptors (Lipinski definition) is 8. The second-order valence-electron chi connectivity index (χ2n) is 13.1. The van der Waals surface area contributed by atoms with E-state index < -0.39 is 63.2 Å². The Kier molecular flexibility index (Phi) is 9.85. The van der Waals surface area contributed by atoms with Gasteiger partial charge in [-0.3, -0.25) is 19.2 Å². The number of anilines is 2. The van der Waals surface area contributed by atoms with Gasteiger partial charge in [0, 0.05) is 27.6 Å². The van der Waals surface area contributed by atoms with Crippen LogP contribution in [0.4, 0.5) is 27.6 Å². The lowest BCUT2D eigenvalue weighted by Gasteiger charge is -2.31. The van der Waals surface area contributed by atoms with Gasteiger partial charge in [0.15, 0.2) is 34.7 Å². The normalized spacial score (nSPS) is 18.6. The number of ketones is 2. The Morgan fingerprint density at radius 1 is 0.643 bits per heavy atom. The maximum atomic E-state index is 14.3. The van der Waals surface area contributed by atoms with Gasteiger partial charge >= 0.3 is 0 Å². The average molecular weight is 819 g/mol. The molecule has 2 unspecified atom stereocenters. The van der Waals surface area contributed by atoms with Crippen LogP contribution in [0.5, 0.6) is 11.5 Å². The van der Waals surface area contributed by atoms with Gasteiger partial charge in [-0.05, 0) is 49.2 Å². The van der Waals surface area contributed by atoms with E-state index in [1.54, 1.807) is 60.7 Å². The summed E-state index contributed by atoms with van der Waals surface area (Å²) in [6.07, 6.45) is 0. The third-order valence-corrected chi connectivity index (χ3v) is 12.2. The summed E-state index contributed by atoms with van der Waals surface area (Å²) in [5, 5.41) is 17.6. The summed E-state index contributed by atoms with van der Waals surface area (Å²) >= 11 is 8.46. The number of methoxy groups -OCH3 is 1. The van der Waals surface area contributed by atoms with Crippen molar-refractivity contribution in [1.29, 1.82) is 0 Å². The van der Waals surface area contributed by atoms with Gasteiger partial charge < -0.3 is 20.5 Å². The van der Waals surface area contributed by atoms with E-state index in [0.29, 0.717) is 16.1 Å². The first kappa shape index (κ1) is 38.4. The monoisotopic (exact) mass is 818 g/mol. The Labute approximate surface area is 329 Å². The van der Waals surface area contributed by atoms with Crippen LogP contribution in [0.3, 0.4) is 0 Å². The number of ether oxygens (including phenoxy) is 1. The number of Topliss-reactive ketones (excluding diaryl/α,β-unsaturated/α-hetero) is 2. The Bertz CT molecular complexity index is 2620. The van der Waals surface area contributed by atoms with Crippen LogP contribution in [0, 0.1) is 23.3 Å². The lowest BCUT2D eigenvalue weighted by molar-refractivity contribution is -0.120. The Morgan fingerprint density at radius 3 is 1.70 bits per heavy atom. The fourth-order valence-corrected chi connectivity index (χ4v) is 9.05. The van der Waals surface area contributed by atoms with Crippen LogP contribution in [-0.4, -0.2) is 35.6 Å². The zero-order chi connectivity index (χ0) is 40.3. The van der Waals surface area contributed by atoms with Crippen molar-refractivity contribution >= 4 is 67.7 Å². The summed E-state index contributed by atoms with van der Waals surface area (Å²) in [7, 11) is 1.20. The molecule has 3 N–H and O–H groups in total. The van der Waals surface area contributed by atoms with E-state index in [-0.39, 0.29) is 48.5 Å². The van der Waals surface area contributed by atoms with Crippen LogP contribution in [0.25, 0.3) is 22.3 Å². The molecular weight excluding hydrogens is 792 g/mol. The van der Waals surface area contributed by atoms with E-state index in [1.807, 2.05) is 0 Å². The molecule has 2 amide bonds. The van der Waals surface area contributed by atoms with Crippen LogP contribution < -0.4 is 15.4 Å². The number of rotatable bonds is 5. The summed E-state index contributed by atoms with van der Waals surface area (Å²) in [6.45, 7) is 3.05. The van der Waals surface area contributed by atoms with E-state index in [4.69, 9.17) is 16.3 Å². The van der Waals surface area contributed by atoms with Gasteiger partial charge in [0.2, 0.25) is 23.4 Å². The van der Waals surface area contributed by atoms with Crippen molar-refractivity contribution < 1.29 is 46.6 Å². The van der Waals surface area contributed by atoms with Gasteiger partial charge in [0.25, 0.3) is 0 Å². The highest BCUT2D eigenvalue weighted by Crippen LogP contribution is 2.52. The molecule has 2 aliphatic heterocycles. The van der Waals surface area contributed by atoms with Gasteiger partial charge in [-0.15, -0.1) is 22.7 Å². The van der Waals surface area contributed by atoms with Crippen molar-refractivity contribution in [2.45, 2.75) is 24.7 Å². The van der Waals surface area contributed by atoms with Crippen molar-refractivity contribution in [3.8, 4) is 33.8 Å². The van der Waals surface area contributed by atoms with E-state index >= 15 is 0 Å². The molecule has 6 aromatic rings. The van der Waals surface area contributed by atoms with Crippen LogP contribution in [0.15, 0.2) is 90.3 Å². The third-order valence-electron chi connectivity index (χ3n) is 9.97. The number of aromatic hydroxyl groups is 1. The topological polar surface area (TPSA) is 122 Å². The summed E-state index contributed by atoms with van der Waals surface area (Å²) in [4.78, 5) is 52.5. The number of phenols is 1.